The molecule has 0 aromatic heterocycles. The van der Waals surface area contributed by atoms with Crippen LogP contribution in [0.1, 0.15) is 12.5 Å². The molecule has 0 spiro atoms. The number of urea groups is 1. The first-order chi connectivity index (χ1) is 14.3. The summed E-state index contributed by atoms with van der Waals surface area (Å²) in [6, 6.07) is 14.8. The minimum Gasteiger partial charge on any atom is -0.477 e. The van der Waals surface area contributed by atoms with Crippen molar-refractivity contribution in [3.63, 3.8) is 0 Å². The van der Waals surface area contributed by atoms with Crippen molar-refractivity contribution < 1.29 is 23.9 Å². The number of nitrogens with one attached hydrogen (secondary N) is 1. The minimum absolute atomic E-state index is 0.106. The van der Waals surface area contributed by atoms with Crippen LogP contribution in [0.15, 0.2) is 54.6 Å². The first-order valence-corrected chi connectivity index (χ1v) is 9.36. The van der Waals surface area contributed by atoms with E-state index in [1.165, 1.54) is 4.90 Å². The Labute approximate surface area is 172 Å². The van der Waals surface area contributed by atoms with Crippen molar-refractivity contribution in [3.05, 3.63) is 60.2 Å². The van der Waals surface area contributed by atoms with Gasteiger partial charge in [-0.1, -0.05) is 42.5 Å². The molecule has 2 aliphatic heterocycles. The molecule has 30 heavy (non-hydrogen) atoms. The topological polar surface area (TPSA) is 122 Å². The lowest BCUT2D eigenvalue weighted by Crippen LogP contribution is -2.52. The molecule has 0 unspecified atom stereocenters. The first kappa shape index (κ1) is 19.4. The fraction of sp³-hybridized carbons (Fsp3) is 0.238. The summed E-state index contributed by atoms with van der Waals surface area (Å²) < 4.78 is 5.55. The van der Waals surface area contributed by atoms with E-state index in [-0.39, 0.29) is 6.54 Å². The molecule has 0 aliphatic carbocycles. The SMILES string of the molecule is C[C@]1(c2ccccc2)NC(=O)N(CC(=O)N2C[C@H](C(N)=O)Oc3ccccc32)C1=O. The number of hydrogen-bond donors (Lipinski definition) is 2. The highest BCUT2D eigenvalue weighted by Crippen LogP contribution is 2.34. The molecule has 9 heteroatoms. The van der Waals surface area contributed by atoms with Crippen molar-refractivity contribution in [2.24, 2.45) is 5.73 Å². The molecular weight excluding hydrogens is 388 g/mol. The zero-order valence-corrected chi connectivity index (χ0v) is 16.2. The van der Waals surface area contributed by atoms with Crippen molar-refractivity contribution in [3.8, 4) is 5.75 Å². The van der Waals surface area contributed by atoms with Crippen molar-refractivity contribution in [1.29, 1.82) is 0 Å². The number of fused-ring (bicyclic) bond motifs is 1. The van der Waals surface area contributed by atoms with Gasteiger partial charge in [0.15, 0.2) is 6.10 Å². The molecule has 2 aromatic rings. The van der Waals surface area contributed by atoms with Gasteiger partial charge in [-0.3, -0.25) is 19.3 Å². The monoisotopic (exact) mass is 408 g/mol. The molecule has 0 bridgehead atoms. The fourth-order valence-corrected chi connectivity index (χ4v) is 3.65. The van der Waals surface area contributed by atoms with Gasteiger partial charge in [-0.2, -0.15) is 0 Å². The Kier molecular flexibility index (Phi) is 4.65. The number of anilines is 1. The summed E-state index contributed by atoms with van der Waals surface area (Å²) in [6.45, 7) is 1.01. The van der Waals surface area contributed by atoms with E-state index >= 15 is 0 Å². The fourth-order valence-electron chi connectivity index (χ4n) is 3.65. The predicted molar refractivity (Wildman–Crippen MR) is 106 cm³/mol. The second-order valence-electron chi connectivity index (χ2n) is 7.29. The van der Waals surface area contributed by atoms with Crippen LogP contribution in [0.25, 0.3) is 0 Å². The highest BCUT2D eigenvalue weighted by Gasteiger charge is 2.50. The van der Waals surface area contributed by atoms with Crippen LogP contribution >= 0.6 is 0 Å². The Morgan fingerprint density at radius 1 is 1.13 bits per heavy atom. The second-order valence-corrected chi connectivity index (χ2v) is 7.29. The Morgan fingerprint density at radius 3 is 2.50 bits per heavy atom. The van der Waals surface area contributed by atoms with Gasteiger partial charge in [-0.25, -0.2) is 4.79 Å². The van der Waals surface area contributed by atoms with E-state index in [0.717, 1.165) is 4.90 Å². The Bertz CT molecular complexity index is 1040. The third-order valence-electron chi connectivity index (χ3n) is 5.31. The van der Waals surface area contributed by atoms with E-state index in [9.17, 15) is 19.2 Å². The molecule has 2 aromatic carbocycles. The van der Waals surface area contributed by atoms with E-state index in [2.05, 4.69) is 5.32 Å². The predicted octanol–water partition coefficient (Wildman–Crippen LogP) is 0.733. The molecule has 1 saturated heterocycles. The van der Waals surface area contributed by atoms with Gasteiger partial charge in [-0.15, -0.1) is 0 Å². The average Bonchev–Trinajstić information content (AvgIpc) is 2.97. The van der Waals surface area contributed by atoms with Crippen LogP contribution in [0.4, 0.5) is 10.5 Å². The Balaban J connectivity index is 1.59. The number of ether oxygens (including phenoxy) is 1. The van der Waals surface area contributed by atoms with E-state index in [0.29, 0.717) is 17.0 Å². The molecule has 154 valence electrons. The zero-order valence-electron chi connectivity index (χ0n) is 16.2. The molecule has 0 radical (unpaired) electrons. The van der Waals surface area contributed by atoms with Crippen molar-refractivity contribution >= 4 is 29.4 Å². The summed E-state index contributed by atoms with van der Waals surface area (Å²) >= 11 is 0. The summed E-state index contributed by atoms with van der Waals surface area (Å²) in [6.07, 6.45) is -1.03. The molecule has 0 saturated carbocycles. The molecule has 2 aliphatic rings. The van der Waals surface area contributed by atoms with Crippen molar-refractivity contribution in [1.82, 2.24) is 10.2 Å². The smallest absolute Gasteiger partial charge is 0.325 e. The number of hydrogen-bond acceptors (Lipinski definition) is 5. The Hall–Kier alpha value is -3.88. The highest BCUT2D eigenvalue weighted by atomic mass is 16.5. The summed E-state index contributed by atoms with van der Waals surface area (Å²) in [4.78, 5) is 52.5. The lowest BCUT2D eigenvalue weighted by molar-refractivity contribution is -0.134. The number of carbonyl (C=O) groups is 4. The molecular formula is C21H20N4O5. The quantitative estimate of drug-likeness (QED) is 0.723. The van der Waals surface area contributed by atoms with Crippen LogP contribution in [0, 0.1) is 0 Å². The normalized spacial score (nSPS) is 22.9. The van der Waals surface area contributed by atoms with Gasteiger partial charge in [-0.05, 0) is 24.6 Å². The van der Waals surface area contributed by atoms with Gasteiger partial charge >= 0.3 is 6.03 Å². The molecule has 2 heterocycles. The zero-order chi connectivity index (χ0) is 21.5. The second kappa shape index (κ2) is 7.18. The van der Waals surface area contributed by atoms with Gasteiger partial charge < -0.3 is 20.7 Å². The largest absolute Gasteiger partial charge is 0.477 e. The standard InChI is InChI=1S/C21H20N4O5/c1-21(13-7-3-2-4-8-13)19(28)25(20(29)23-21)12-17(26)24-11-16(18(22)27)30-15-10-6-5-9-14(15)24/h2-10,16H,11-12H2,1H3,(H2,22,27)(H,23,29)/t16-,21-/m1/s1. The number of imide groups is 1. The summed E-state index contributed by atoms with van der Waals surface area (Å²) in [7, 11) is 0. The average molecular weight is 408 g/mol. The van der Waals surface area contributed by atoms with Crippen molar-refractivity contribution in [2.45, 2.75) is 18.6 Å². The lowest BCUT2D eigenvalue weighted by atomic mass is 9.92. The summed E-state index contributed by atoms with van der Waals surface area (Å²) in [5.74, 6) is -1.45. The van der Waals surface area contributed by atoms with Crippen LogP contribution in [-0.2, 0) is 19.9 Å². The number of para-hydroxylation sites is 2. The van der Waals surface area contributed by atoms with Gasteiger partial charge in [0.05, 0.1) is 12.2 Å². The number of carbonyl (C=O) groups excluding carboxylic acids is 4. The highest BCUT2D eigenvalue weighted by molar-refractivity contribution is 6.11. The maximum Gasteiger partial charge on any atom is 0.325 e. The van der Waals surface area contributed by atoms with Crippen molar-refractivity contribution in [2.75, 3.05) is 18.0 Å². The maximum atomic E-state index is 13.1. The van der Waals surface area contributed by atoms with Crippen LogP contribution in [0.2, 0.25) is 0 Å². The number of benzene rings is 2. The third kappa shape index (κ3) is 3.14. The van der Waals surface area contributed by atoms with E-state index in [4.69, 9.17) is 10.5 Å². The first-order valence-electron chi connectivity index (χ1n) is 9.36. The van der Waals surface area contributed by atoms with Gasteiger partial charge in [0.1, 0.15) is 17.8 Å². The molecule has 9 nitrogen and oxygen atoms in total. The molecule has 1 fully saturated rings. The molecule has 2 atom stereocenters. The van der Waals surface area contributed by atoms with Crippen LogP contribution in [-0.4, -0.2) is 47.8 Å². The molecule has 4 rings (SSSR count). The molecule has 5 amide bonds. The number of nitrogens with two attached hydrogens (primary N) is 1. The van der Waals surface area contributed by atoms with Gasteiger partial charge in [0.2, 0.25) is 5.91 Å². The van der Waals surface area contributed by atoms with E-state index in [1.54, 1.807) is 61.5 Å². The third-order valence-corrected chi connectivity index (χ3v) is 5.31. The number of amides is 5. The van der Waals surface area contributed by atoms with Crippen LogP contribution in [0.3, 0.4) is 0 Å². The number of primary amides is 1. The number of nitrogens with zero attached hydrogens (tertiary/aromatic N) is 2. The maximum absolute atomic E-state index is 13.1. The minimum atomic E-state index is -1.27. The van der Waals surface area contributed by atoms with Crippen LogP contribution in [0.5, 0.6) is 5.75 Å². The van der Waals surface area contributed by atoms with Gasteiger partial charge in [0.25, 0.3) is 11.8 Å². The van der Waals surface area contributed by atoms with Gasteiger partial charge in [0, 0.05) is 0 Å². The Morgan fingerprint density at radius 2 is 1.80 bits per heavy atom. The lowest BCUT2D eigenvalue weighted by Gasteiger charge is -2.34. The summed E-state index contributed by atoms with van der Waals surface area (Å²) in [5.41, 5.74) is 5.15. The molecule has 3 N–H and O–H groups in total. The van der Waals surface area contributed by atoms with E-state index in [1.807, 2.05) is 0 Å². The summed E-state index contributed by atoms with van der Waals surface area (Å²) in [5, 5.41) is 2.67. The number of rotatable bonds is 4. The van der Waals surface area contributed by atoms with E-state index < -0.39 is 41.9 Å². The van der Waals surface area contributed by atoms with Crippen LogP contribution < -0.4 is 20.7 Å².